The highest BCUT2D eigenvalue weighted by molar-refractivity contribution is 5.43. The fraction of sp³-hybridized carbons (Fsp3) is 0.615. The molecule has 3 nitrogen and oxygen atoms in total. The normalized spacial score (nSPS) is 10.9. The maximum atomic E-state index is 14.2. The minimum absolute atomic E-state index is 0.205. The van der Waals surface area contributed by atoms with Crippen molar-refractivity contribution in [3.05, 3.63) is 23.6 Å². The maximum absolute atomic E-state index is 14.2. The van der Waals surface area contributed by atoms with E-state index in [2.05, 4.69) is 10.3 Å². The molecule has 0 aliphatic rings. The lowest BCUT2D eigenvalue weighted by molar-refractivity contribution is 0.569. The molecule has 0 unspecified atom stereocenters. The molecule has 0 aliphatic heterocycles. The minimum atomic E-state index is -0.205. The van der Waals surface area contributed by atoms with Crippen LogP contribution >= 0.6 is 0 Å². The zero-order chi connectivity index (χ0) is 12.8. The van der Waals surface area contributed by atoms with Crippen LogP contribution < -0.4 is 10.2 Å². The van der Waals surface area contributed by atoms with E-state index in [9.17, 15) is 4.39 Å². The summed E-state index contributed by atoms with van der Waals surface area (Å²) in [6, 6.07) is 1.98. The van der Waals surface area contributed by atoms with Gasteiger partial charge in [-0.1, -0.05) is 6.92 Å². The fourth-order valence-corrected chi connectivity index (χ4v) is 1.83. The van der Waals surface area contributed by atoms with Gasteiger partial charge in [-0.3, -0.25) is 0 Å². The Hall–Kier alpha value is -1.16. The third-order valence-corrected chi connectivity index (χ3v) is 2.75. The summed E-state index contributed by atoms with van der Waals surface area (Å²) in [6.45, 7) is 10.2. The Morgan fingerprint density at radius 3 is 2.65 bits per heavy atom. The molecule has 0 saturated heterocycles. The van der Waals surface area contributed by atoms with Crippen LogP contribution in [0.4, 0.5) is 10.2 Å². The standard InChI is InChI=1S/C13H22FN3/c1-5-15-9-11-7-8-16-13(12(11)14)17(6-2)10(3)4/h7-8,10,15H,5-6,9H2,1-4H3. The van der Waals surface area contributed by atoms with Gasteiger partial charge >= 0.3 is 0 Å². The van der Waals surface area contributed by atoms with Gasteiger partial charge in [-0.2, -0.15) is 0 Å². The van der Waals surface area contributed by atoms with Gasteiger partial charge in [-0.25, -0.2) is 9.37 Å². The Labute approximate surface area is 103 Å². The summed E-state index contributed by atoms with van der Waals surface area (Å²) in [6.07, 6.45) is 1.68. The number of hydrogen-bond donors (Lipinski definition) is 1. The quantitative estimate of drug-likeness (QED) is 0.827. The van der Waals surface area contributed by atoms with Gasteiger partial charge in [-0.05, 0) is 33.4 Å². The van der Waals surface area contributed by atoms with E-state index in [0.717, 1.165) is 13.1 Å². The van der Waals surface area contributed by atoms with E-state index in [0.29, 0.717) is 17.9 Å². The molecule has 96 valence electrons. The Morgan fingerprint density at radius 1 is 1.41 bits per heavy atom. The van der Waals surface area contributed by atoms with Crippen molar-refractivity contribution in [2.24, 2.45) is 0 Å². The summed E-state index contributed by atoms with van der Waals surface area (Å²) in [5, 5.41) is 3.13. The van der Waals surface area contributed by atoms with Crippen LogP contribution in [-0.2, 0) is 6.54 Å². The van der Waals surface area contributed by atoms with E-state index in [4.69, 9.17) is 0 Å². The predicted molar refractivity (Wildman–Crippen MR) is 69.7 cm³/mol. The number of nitrogens with one attached hydrogen (secondary N) is 1. The molecule has 1 rings (SSSR count). The Bertz CT molecular complexity index is 353. The largest absolute Gasteiger partial charge is 0.352 e. The van der Waals surface area contributed by atoms with Gasteiger partial charge in [-0.15, -0.1) is 0 Å². The van der Waals surface area contributed by atoms with Crippen molar-refractivity contribution in [2.75, 3.05) is 18.0 Å². The van der Waals surface area contributed by atoms with Gasteiger partial charge in [0, 0.05) is 30.9 Å². The Morgan fingerprint density at radius 2 is 2.12 bits per heavy atom. The number of anilines is 1. The van der Waals surface area contributed by atoms with E-state index in [-0.39, 0.29) is 11.9 Å². The smallest absolute Gasteiger partial charge is 0.170 e. The summed E-state index contributed by atoms with van der Waals surface area (Å²) in [5.74, 6) is 0.252. The van der Waals surface area contributed by atoms with E-state index in [1.165, 1.54) is 0 Å². The van der Waals surface area contributed by atoms with Gasteiger partial charge < -0.3 is 10.2 Å². The van der Waals surface area contributed by atoms with Crippen LogP contribution in [0.2, 0.25) is 0 Å². The molecule has 1 aromatic heterocycles. The van der Waals surface area contributed by atoms with Crippen molar-refractivity contribution in [1.82, 2.24) is 10.3 Å². The predicted octanol–water partition coefficient (Wildman–Crippen LogP) is 2.56. The van der Waals surface area contributed by atoms with Crippen molar-refractivity contribution >= 4 is 5.82 Å². The number of nitrogens with zero attached hydrogens (tertiary/aromatic N) is 2. The van der Waals surface area contributed by atoms with Gasteiger partial charge in [0.25, 0.3) is 0 Å². The second-order valence-corrected chi connectivity index (χ2v) is 4.27. The Kier molecular flexibility index (Phi) is 5.35. The van der Waals surface area contributed by atoms with Crippen LogP contribution in [0.15, 0.2) is 12.3 Å². The zero-order valence-electron chi connectivity index (χ0n) is 11.1. The molecular formula is C13H22FN3. The zero-order valence-corrected chi connectivity index (χ0v) is 11.1. The number of rotatable bonds is 6. The second kappa shape index (κ2) is 6.55. The van der Waals surface area contributed by atoms with Crippen molar-refractivity contribution in [2.45, 2.75) is 40.3 Å². The molecule has 0 bridgehead atoms. The second-order valence-electron chi connectivity index (χ2n) is 4.27. The third kappa shape index (κ3) is 3.40. The Balaban J connectivity index is 2.99. The first-order valence-electron chi connectivity index (χ1n) is 6.22. The highest BCUT2D eigenvalue weighted by Gasteiger charge is 2.16. The van der Waals surface area contributed by atoms with Gasteiger partial charge in [0.15, 0.2) is 11.6 Å². The molecule has 0 saturated carbocycles. The molecule has 0 amide bonds. The highest BCUT2D eigenvalue weighted by Crippen LogP contribution is 2.21. The number of hydrogen-bond acceptors (Lipinski definition) is 3. The summed E-state index contributed by atoms with van der Waals surface area (Å²) in [7, 11) is 0. The molecule has 0 aromatic carbocycles. The van der Waals surface area contributed by atoms with Crippen LogP contribution in [0.5, 0.6) is 0 Å². The van der Waals surface area contributed by atoms with E-state index >= 15 is 0 Å². The molecule has 0 spiro atoms. The van der Waals surface area contributed by atoms with Gasteiger partial charge in [0.1, 0.15) is 0 Å². The maximum Gasteiger partial charge on any atom is 0.170 e. The molecule has 4 heteroatoms. The lowest BCUT2D eigenvalue weighted by Crippen LogP contribution is -2.32. The first-order chi connectivity index (χ1) is 8.11. The average Bonchev–Trinajstić information content (AvgIpc) is 2.30. The van der Waals surface area contributed by atoms with Crippen LogP contribution in [-0.4, -0.2) is 24.1 Å². The molecule has 1 N–H and O–H groups in total. The van der Waals surface area contributed by atoms with Crippen molar-refractivity contribution in [1.29, 1.82) is 0 Å². The van der Waals surface area contributed by atoms with E-state index < -0.39 is 0 Å². The van der Waals surface area contributed by atoms with Crippen molar-refractivity contribution in [3.63, 3.8) is 0 Å². The molecule has 17 heavy (non-hydrogen) atoms. The molecule has 1 heterocycles. The summed E-state index contributed by atoms with van der Waals surface area (Å²) < 4.78 is 14.2. The minimum Gasteiger partial charge on any atom is -0.352 e. The lowest BCUT2D eigenvalue weighted by atomic mass is 10.2. The summed E-state index contributed by atoms with van der Waals surface area (Å²) in [5.41, 5.74) is 0.677. The third-order valence-electron chi connectivity index (χ3n) is 2.75. The van der Waals surface area contributed by atoms with E-state index in [1.54, 1.807) is 12.3 Å². The molecular weight excluding hydrogens is 217 g/mol. The highest BCUT2D eigenvalue weighted by atomic mass is 19.1. The first kappa shape index (κ1) is 13.9. The first-order valence-corrected chi connectivity index (χ1v) is 6.22. The van der Waals surface area contributed by atoms with Crippen LogP contribution in [0.3, 0.4) is 0 Å². The molecule has 1 aromatic rings. The van der Waals surface area contributed by atoms with Crippen LogP contribution in [0.25, 0.3) is 0 Å². The van der Waals surface area contributed by atoms with Gasteiger partial charge in [0.2, 0.25) is 0 Å². The average molecular weight is 239 g/mol. The molecule has 0 fully saturated rings. The van der Waals surface area contributed by atoms with Crippen LogP contribution in [0, 0.1) is 5.82 Å². The molecule has 0 atom stereocenters. The monoisotopic (exact) mass is 239 g/mol. The number of halogens is 1. The topological polar surface area (TPSA) is 28.2 Å². The lowest BCUT2D eigenvalue weighted by Gasteiger charge is -2.27. The summed E-state index contributed by atoms with van der Waals surface area (Å²) >= 11 is 0. The van der Waals surface area contributed by atoms with Crippen molar-refractivity contribution in [3.8, 4) is 0 Å². The summed E-state index contributed by atoms with van der Waals surface area (Å²) in [4.78, 5) is 6.13. The SMILES string of the molecule is CCNCc1ccnc(N(CC)C(C)C)c1F. The molecule has 0 aliphatic carbocycles. The number of aromatic nitrogens is 1. The fourth-order valence-electron chi connectivity index (χ4n) is 1.83. The van der Waals surface area contributed by atoms with E-state index in [1.807, 2.05) is 32.6 Å². The van der Waals surface area contributed by atoms with Crippen LogP contribution in [0.1, 0.15) is 33.3 Å². The van der Waals surface area contributed by atoms with Gasteiger partial charge in [0.05, 0.1) is 0 Å². The molecule has 0 radical (unpaired) electrons. The van der Waals surface area contributed by atoms with Crippen molar-refractivity contribution < 1.29 is 4.39 Å². The number of pyridine rings is 1.